The van der Waals surface area contributed by atoms with E-state index in [9.17, 15) is 9.18 Å². The van der Waals surface area contributed by atoms with E-state index in [2.05, 4.69) is 5.32 Å². The van der Waals surface area contributed by atoms with Crippen LogP contribution in [0.4, 0.5) is 14.9 Å². The Hall–Kier alpha value is -1.33. The summed E-state index contributed by atoms with van der Waals surface area (Å²) in [5.41, 5.74) is 6.16. The van der Waals surface area contributed by atoms with Crippen LogP contribution in [0.5, 0.6) is 0 Å². The van der Waals surface area contributed by atoms with Crippen LogP contribution >= 0.6 is 12.4 Å². The second-order valence-corrected chi connectivity index (χ2v) is 3.94. The van der Waals surface area contributed by atoms with Crippen molar-refractivity contribution in [1.82, 2.24) is 4.90 Å². The Kier molecular flexibility index (Phi) is 4.72. The summed E-state index contributed by atoms with van der Waals surface area (Å²) in [4.78, 5) is 13.3. The third kappa shape index (κ3) is 3.57. The van der Waals surface area contributed by atoms with Crippen molar-refractivity contribution >= 4 is 24.1 Å². The number of carbonyl (C=O) groups is 1. The lowest BCUT2D eigenvalue weighted by Crippen LogP contribution is -2.35. The monoisotopic (exact) mass is 259 g/mol. The molecule has 94 valence electrons. The molecule has 4 nitrogen and oxygen atoms in total. The molecule has 1 heterocycles. The molecule has 0 aromatic heterocycles. The van der Waals surface area contributed by atoms with E-state index in [1.807, 2.05) is 0 Å². The Morgan fingerprint density at radius 2 is 2.29 bits per heavy atom. The second kappa shape index (κ2) is 5.84. The van der Waals surface area contributed by atoms with Gasteiger partial charge in [0.05, 0.1) is 0 Å². The minimum absolute atomic E-state index is 0. The third-order valence-electron chi connectivity index (χ3n) is 2.59. The molecule has 0 aliphatic carbocycles. The van der Waals surface area contributed by atoms with Gasteiger partial charge in [-0.2, -0.15) is 0 Å². The van der Waals surface area contributed by atoms with Crippen molar-refractivity contribution in [2.24, 2.45) is 5.73 Å². The van der Waals surface area contributed by atoms with Crippen LogP contribution in [0, 0.1) is 5.82 Å². The lowest BCUT2D eigenvalue weighted by atomic mass is 10.3. The number of hydrogen-bond acceptors (Lipinski definition) is 2. The van der Waals surface area contributed by atoms with Gasteiger partial charge in [0.2, 0.25) is 0 Å². The summed E-state index contributed by atoms with van der Waals surface area (Å²) >= 11 is 0. The van der Waals surface area contributed by atoms with Gasteiger partial charge in [0.15, 0.2) is 0 Å². The highest BCUT2D eigenvalue weighted by Crippen LogP contribution is 2.12. The van der Waals surface area contributed by atoms with E-state index in [4.69, 9.17) is 5.73 Å². The molecule has 1 aromatic carbocycles. The maximum absolute atomic E-state index is 12.9. The van der Waals surface area contributed by atoms with E-state index in [1.165, 1.54) is 12.1 Å². The number of anilines is 1. The first-order valence-electron chi connectivity index (χ1n) is 5.22. The minimum atomic E-state index is -0.365. The number of nitrogens with zero attached hydrogens (tertiary/aromatic N) is 1. The van der Waals surface area contributed by atoms with Gasteiger partial charge in [0.25, 0.3) is 0 Å². The molecule has 0 radical (unpaired) electrons. The molecule has 1 fully saturated rings. The fourth-order valence-electron chi connectivity index (χ4n) is 1.74. The van der Waals surface area contributed by atoms with E-state index in [-0.39, 0.29) is 30.3 Å². The summed E-state index contributed by atoms with van der Waals surface area (Å²) in [6, 6.07) is 5.66. The lowest BCUT2D eigenvalue weighted by Gasteiger charge is -2.16. The van der Waals surface area contributed by atoms with E-state index >= 15 is 0 Å². The van der Waals surface area contributed by atoms with E-state index in [0.717, 1.165) is 6.42 Å². The van der Waals surface area contributed by atoms with Crippen molar-refractivity contribution < 1.29 is 9.18 Å². The van der Waals surface area contributed by atoms with Gasteiger partial charge >= 0.3 is 6.03 Å². The molecule has 1 aromatic rings. The quantitative estimate of drug-likeness (QED) is 0.808. The molecule has 1 atom stereocenters. The van der Waals surface area contributed by atoms with Crippen molar-refractivity contribution in [3.8, 4) is 0 Å². The molecule has 0 bridgehead atoms. The SMILES string of the molecule is Cl.NC1CCN(C(=O)Nc2cccc(F)c2)C1. The average Bonchev–Trinajstić information content (AvgIpc) is 2.65. The summed E-state index contributed by atoms with van der Waals surface area (Å²) in [5.74, 6) is -0.365. The topological polar surface area (TPSA) is 58.4 Å². The fourth-order valence-corrected chi connectivity index (χ4v) is 1.74. The minimum Gasteiger partial charge on any atom is -0.326 e. The number of carbonyl (C=O) groups excluding carboxylic acids is 1. The zero-order valence-electron chi connectivity index (χ0n) is 9.23. The van der Waals surface area contributed by atoms with Crippen molar-refractivity contribution in [3.63, 3.8) is 0 Å². The summed E-state index contributed by atoms with van der Waals surface area (Å²) in [6.07, 6.45) is 0.816. The first-order chi connectivity index (χ1) is 7.65. The number of rotatable bonds is 1. The number of nitrogens with one attached hydrogen (secondary N) is 1. The summed E-state index contributed by atoms with van der Waals surface area (Å²) in [5, 5.41) is 2.64. The van der Waals surface area contributed by atoms with Crippen LogP contribution in [0.15, 0.2) is 24.3 Å². The van der Waals surface area contributed by atoms with Crippen molar-refractivity contribution in [2.75, 3.05) is 18.4 Å². The molecule has 17 heavy (non-hydrogen) atoms. The normalized spacial score (nSPS) is 18.7. The highest BCUT2D eigenvalue weighted by atomic mass is 35.5. The maximum atomic E-state index is 12.9. The van der Waals surface area contributed by atoms with Gasteiger partial charge in [0, 0.05) is 24.8 Å². The number of nitrogens with two attached hydrogens (primary N) is 1. The molecule has 1 unspecified atom stereocenters. The zero-order valence-corrected chi connectivity index (χ0v) is 10.0. The van der Waals surface area contributed by atoms with Crippen LogP contribution in [-0.4, -0.2) is 30.1 Å². The molecular weight excluding hydrogens is 245 g/mol. The Morgan fingerprint density at radius 1 is 1.53 bits per heavy atom. The van der Waals surface area contributed by atoms with Crippen LogP contribution in [0.25, 0.3) is 0 Å². The zero-order chi connectivity index (χ0) is 11.5. The standard InChI is InChI=1S/C11H14FN3O.ClH/c12-8-2-1-3-10(6-8)14-11(16)15-5-4-9(13)7-15;/h1-3,6,9H,4-5,7,13H2,(H,14,16);1H. The van der Waals surface area contributed by atoms with Crippen molar-refractivity contribution in [1.29, 1.82) is 0 Å². The number of benzene rings is 1. The number of likely N-dealkylation sites (tertiary alicyclic amines) is 1. The lowest BCUT2D eigenvalue weighted by molar-refractivity contribution is 0.222. The molecule has 1 aliphatic heterocycles. The summed E-state index contributed by atoms with van der Waals surface area (Å²) < 4.78 is 12.9. The van der Waals surface area contributed by atoms with Crippen LogP contribution < -0.4 is 11.1 Å². The highest BCUT2D eigenvalue weighted by molar-refractivity contribution is 5.89. The maximum Gasteiger partial charge on any atom is 0.321 e. The molecule has 1 saturated heterocycles. The Morgan fingerprint density at radius 3 is 2.88 bits per heavy atom. The summed E-state index contributed by atoms with van der Waals surface area (Å²) in [7, 11) is 0. The molecule has 2 amide bonds. The molecule has 1 aliphatic rings. The van der Waals surface area contributed by atoms with Crippen molar-refractivity contribution in [3.05, 3.63) is 30.1 Å². The Labute approximate surface area is 105 Å². The average molecular weight is 260 g/mol. The highest BCUT2D eigenvalue weighted by Gasteiger charge is 2.23. The van der Waals surface area contributed by atoms with Gasteiger partial charge < -0.3 is 16.0 Å². The van der Waals surface area contributed by atoms with Crippen LogP contribution in [-0.2, 0) is 0 Å². The van der Waals surface area contributed by atoms with Crippen LogP contribution in [0.3, 0.4) is 0 Å². The molecule has 2 rings (SSSR count). The van der Waals surface area contributed by atoms with E-state index in [1.54, 1.807) is 17.0 Å². The second-order valence-electron chi connectivity index (χ2n) is 3.94. The first-order valence-corrected chi connectivity index (χ1v) is 5.22. The predicted molar refractivity (Wildman–Crippen MR) is 66.8 cm³/mol. The smallest absolute Gasteiger partial charge is 0.321 e. The largest absolute Gasteiger partial charge is 0.326 e. The fraction of sp³-hybridized carbons (Fsp3) is 0.364. The van der Waals surface area contributed by atoms with Gasteiger partial charge in [-0.25, -0.2) is 9.18 Å². The van der Waals surface area contributed by atoms with Gasteiger partial charge in [-0.15, -0.1) is 12.4 Å². The molecule has 6 heteroatoms. The van der Waals surface area contributed by atoms with Gasteiger partial charge in [-0.05, 0) is 24.6 Å². The predicted octanol–water partition coefficient (Wildman–Crippen LogP) is 1.81. The molecule has 0 spiro atoms. The number of halogens is 2. The number of amides is 2. The van der Waals surface area contributed by atoms with Gasteiger partial charge in [0.1, 0.15) is 5.82 Å². The van der Waals surface area contributed by atoms with Crippen LogP contribution in [0.2, 0.25) is 0 Å². The molecule has 0 saturated carbocycles. The molecular formula is C11H15ClFN3O. The molecule has 3 N–H and O–H groups in total. The third-order valence-corrected chi connectivity index (χ3v) is 2.59. The van der Waals surface area contributed by atoms with Crippen molar-refractivity contribution in [2.45, 2.75) is 12.5 Å². The summed E-state index contributed by atoms with van der Waals surface area (Å²) in [6.45, 7) is 1.21. The number of hydrogen-bond donors (Lipinski definition) is 2. The van der Waals surface area contributed by atoms with Crippen LogP contribution in [0.1, 0.15) is 6.42 Å². The van der Waals surface area contributed by atoms with E-state index in [0.29, 0.717) is 18.8 Å². The van der Waals surface area contributed by atoms with Gasteiger partial charge in [-0.1, -0.05) is 6.07 Å². The first kappa shape index (κ1) is 13.7. The van der Waals surface area contributed by atoms with E-state index < -0.39 is 0 Å². The number of urea groups is 1. The Balaban J connectivity index is 0.00000144. The van der Waals surface area contributed by atoms with Gasteiger partial charge in [-0.3, -0.25) is 0 Å². The Bertz CT molecular complexity index is 402.